The van der Waals surface area contributed by atoms with Crippen LogP contribution in [0, 0.1) is 0 Å². The maximum atomic E-state index is 8.06. The zero-order valence-electron chi connectivity index (χ0n) is 3.53. The van der Waals surface area contributed by atoms with Gasteiger partial charge in [0.05, 0.1) is 5.69 Å². The van der Waals surface area contributed by atoms with Gasteiger partial charge in [0.1, 0.15) is 0 Å². The van der Waals surface area contributed by atoms with Crippen LogP contribution >= 0.6 is 11.3 Å². The van der Waals surface area contributed by atoms with Crippen LogP contribution in [0.15, 0.2) is 21.9 Å². The molecule has 1 radical (unpaired) electrons. The van der Waals surface area contributed by atoms with Crippen LogP contribution in [0.4, 0.5) is 5.69 Å². The molecule has 1 rings (SSSR count). The first-order valence-electron chi connectivity index (χ1n) is 1.81. The number of hydrogen-bond donors (Lipinski definition) is 0. The molecule has 1 heterocycles. The van der Waals surface area contributed by atoms with Crippen LogP contribution < -0.4 is 5.53 Å². The highest BCUT2D eigenvalue weighted by molar-refractivity contribution is 7.08. The molecule has 0 bridgehead atoms. The van der Waals surface area contributed by atoms with Crippen LogP contribution in [-0.4, -0.2) is 0 Å². The molecule has 0 amide bonds. The minimum atomic E-state index is 0.630. The third kappa shape index (κ3) is 0.838. The Kier molecular flexibility index (Phi) is 1.17. The number of thiophene rings is 1. The fraction of sp³-hybridized carbons (Fsp3) is 0. The summed E-state index contributed by atoms with van der Waals surface area (Å²) in [5, 5.41) is 6.56. The van der Waals surface area contributed by atoms with Gasteiger partial charge in [0.15, 0.2) is 0 Å². The van der Waals surface area contributed by atoms with Gasteiger partial charge in [-0.25, -0.2) is 0 Å². The van der Waals surface area contributed by atoms with Gasteiger partial charge in [-0.05, 0) is 17.0 Å². The molecule has 0 N–H and O–H groups in total. The first kappa shape index (κ1) is 4.46. The molecule has 0 aliphatic carbocycles. The van der Waals surface area contributed by atoms with E-state index < -0.39 is 0 Å². The molecule has 0 unspecified atom stereocenters. The Labute approximate surface area is 45.3 Å². The fourth-order valence-corrected chi connectivity index (χ4v) is 0.876. The number of nitrogens with zero attached hydrogens (tertiary/aromatic N) is 2. The van der Waals surface area contributed by atoms with E-state index in [1.165, 1.54) is 11.3 Å². The largest absolute Gasteiger partial charge is 0.150 e. The van der Waals surface area contributed by atoms with Crippen molar-refractivity contribution in [2.24, 2.45) is 5.11 Å². The lowest BCUT2D eigenvalue weighted by Crippen LogP contribution is -1.44. The second-order valence-corrected chi connectivity index (χ2v) is 1.86. The molecular weight excluding hydrogens is 108 g/mol. The van der Waals surface area contributed by atoms with Crippen LogP contribution in [0.2, 0.25) is 0 Å². The van der Waals surface area contributed by atoms with Crippen LogP contribution in [0.25, 0.3) is 0 Å². The first-order valence-corrected chi connectivity index (χ1v) is 2.75. The summed E-state index contributed by atoms with van der Waals surface area (Å²) in [6.07, 6.45) is 0. The van der Waals surface area contributed by atoms with E-state index in [2.05, 4.69) is 5.11 Å². The Balaban J connectivity index is 2.96. The molecule has 3 heteroatoms. The van der Waals surface area contributed by atoms with Crippen molar-refractivity contribution in [3.05, 3.63) is 16.8 Å². The summed E-state index contributed by atoms with van der Waals surface area (Å²) < 4.78 is 0. The molecule has 35 valence electrons. The maximum absolute atomic E-state index is 8.06. The second kappa shape index (κ2) is 1.84. The molecule has 0 fully saturated rings. The Morgan fingerprint density at radius 3 is 2.86 bits per heavy atom. The summed E-state index contributed by atoms with van der Waals surface area (Å²) in [5.74, 6) is 0. The Morgan fingerprint density at radius 2 is 2.57 bits per heavy atom. The molecule has 0 spiro atoms. The van der Waals surface area contributed by atoms with Crippen LogP contribution in [-0.2, 0) is 0 Å². The molecule has 7 heavy (non-hydrogen) atoms. The second-order valence-electron chi connectivity index (χ2n) is 1.08. The predicted octanol–water partition coefficient (Wildman–Crippen LogP) is 1.63. The van der Waals surface area contributed by atoms with Gasteiger partial charge in [-0.2, -0.15) is 11.3 Å². The molecule has 0 aromatic carbocycles. The van der Waals surface area contributed by atoms with Gasteiger partial charge in [0.25, 0.3) is 0 Å². The number of rotatable bonds is 1. The average Bonchev–Trinajstić information content (AvgIpc) is 2.14. The molecule has 0 saturated heterocycles. The zero-order chi connectivity index (χ0) is 5.11. The highest BCUT2D eigenvalue weighted by Crippen LogP contribution is 2.13. The van der Waals surface area contributed by atoms with Crippen LogP contribution in [0.5, 0.6) is 0 Å². The van der Waals surface area contributed by atoms with E-state index >= 15 is 0 Å². The van der Waals surface area contributed by atoms with Crippen molar-refractivity contribution in [3.63, 3.8) is 0 Å². The smallest absolute Gasteiger partial charge is 0.0982 e. The molecule has 0 atom stereocenters. The van der Waals surface area contributed by atoms with E-state index in [1.54, 1.807) is 11.4 Å². The average molecular weight is 111 g/mol. The topological polar surface area (TPSA) is 34.7 Å². The van der Waals surface area contributed by atoms with E-state index in [1.807, 2.05) is 5.38 Å². The van der Waals surface area contributed by atoms with Crippen molar-refractivity contribution in [1.29, 1.82) is 0 Å². The van der Waals surface area contributed by atoms with E-state index in [9.17, 15) is 0 Å². The van der Waals surface area contributed by atoms with Gasteiger partial charge in [0.2, 0.25) is 0 Å². The standard InChI is InChI=1S/C4H3N2S/c5-6-4-1-2-7-3-4/h1-3H. The number of hydrogen-bond acceptors (Lipinski definition) is 2. The molecule has 0 aliphatic heterocycles. The minimum absolute atomic E-state index is 0.630. The van der Waals surface area contributed by atoms with E-state index in [0.717, 1.165) is 0 Å². The molecule has 2 nitrogen and oxygen atoms in total. The normalized spacial score (nSPS) is 8.57. The molecule has 1 aromatic heterocycles. The van der Waals surface area contributed by atoms with Gasteiger partial charge >= 0.3 is 0 Å². The first-order chi connectivity index (χ1) is 3.43. The highest BCUT2D eigenvalue weighted by Gasteiger charge is 1.82. The van der Waals surface area contributed by atoms with Gasteiger partial charge < -0.3 is 0 Å². The van der Waals surface area contributed by atoms with Crippen molar-refractivity contribution in [2.75, 3.05) is 0 Å². The van der Waals surface area contributed by atoms with Crippen molar-refractivity contribution in [3.8, 4) is 0 Å². The van der Waals surface area contributed by atoms with E-state index in [4.69, 9.17) is 5.53 Å². The van der Waals surface area contributed by atoms with Gasteiger partial charge in [-0.1, -0.05) is 0 Å². The molecule has 0 aliphatic rings. The highest BCUT2D eigenvalue weighted by atomic mass is 32.1. The molecule has 0 saturated carbocycles. The Bertz CT molecular complexity index is 145. The van der Waals surface area contributed by atoms with E-state index in [0.29, 0.717) is 5.69 Å². The Morgan fingerprint density at radius 1 is 1.71 bits per heavy atom. The summed E-state index contributed by atoms with van der Waals surface area (Å²) in [4.78, 5) is 0. The summed E-state index contributed by atoms with van der Waals surface area (Å²) in [6, 6.07) is 1.74. The maximum Gasteiger partial charge on any atom is 0.0982 e. The van der Waals surface area contributed by atoms with E-state index in [-0.39, 0.29) is 0 Å². The van der Waals surface area contributed by atoms with Gasteiger partial charge in [-0.3, -0.25) is 0 Å². The third-order valence-corrected chi connectivity index (χ3v) is 1.29. The van der Waals surface area contributed by atoms with Crippen LogP contribution in [0.1, 0.15) is 0 Å². The quantitative estimate of drug-likeness (QED) is 0.494. The van der Waals surface area contributed by atoms with Crippen molar-refractivity contribution < 1.29 is 0 Å². The lowest BCUT2D eigenvalue weighted by molar-refractivity contribution is 1.32. The monoisotopic (exact) mass is 111 g/mol. The van der Waals surface area contributed by atoms with Gasteiger partial charge in [0, 0.05) is 5.38 Å². The van der Waals surface area contributed by atoms with Crippen LogP contribution in [0.3, 0.4) is 0 Å². The van der Waals surface area contributed by atoms with Crippen molar-refractivity contribution in [1.82, 2.24) is 5.53 Å². The van der Waals surface area contributed by atoms with Gasteiger partial charge in [-0.15, -0.1) is 5.11 Å². The molecular formula is C4H3N2S. The zero-order valence-corrected chi connectivity index (χ0v) is 4.35. The Hall–Kier alpha value is -0.700. The van der Waals surface area contributed by atoms with Crippen molar-refractivity contribution >= 4 is 17.0 Å². The minimum Gasteiger partial charge on any atom is -0.150 e. The summed E-state index contributed by atoms with van der Waals surface area (Å²) in [5.41, 5.74) is 8.69. The summed E-state index contributed by atoms with van der Waals surface area (Å²) in [7, 11) is 0. The summed E-state index contributed by atoms with van der Waals surface area (Å²) >= 11 is 1.51. The SMILES string of the molecule is [N]=Nc1ccsc1. The third-order valence-electron chi connectivity index (χ3n) is 0.622. The lowest BCUT2D eigenvalue weighted by atomic mass is 10.6. The fourth-order valence-electron chi connectivity index (χ4n) is 0.314. The summed E-state index contributed by atoms with van der Waals surface area (Å²) in [6.45, 7) is 0. The lowest BCUT2D eigenvalue weighted by Gasteiger charge is -1.67. The van der Waals surface area contributed by atoms with Crippen molar-refractivity contribution in [2.45, 2.75) is 0 Å². The molecule has 1 aromatic rings. The predicted molar refractivity (Wildman–Crippen MR) is 28.5 cm³/mol.